The summed E-state index contributed by atoms with van der Waals surface area (Å²) in [5, 5.41) is 0.673. The zero-order chi connectivity index (χ0) is 13.4. The molecule has 1 aliphatic rings. The van der Waals surface area contributed by atoms with Crippen LogP contribution in [0.3, 0.4) is 0 Å². The van der Waals surface area contributed by atoms with Crippen LogP contribution >= 0.6 is 11.6 Å². The number of halogens is 1. The van der Waals surface area contributed by atoms with Gasteiger partial charge in [0.05, 0.1) is 0 Å². The fraction of sp³-hybridized carbons (Fsp3) is 0.385. The number of hydrogen-bond donors (Lipinski definition) is 1. The van der Waals surface area contributed by atoms with Crippen molar-refractivity contribution >= 4 is 23.5 Å². The molecule has 0 spiro atoms. The van der Waals surface area contributed by atoms with E-state index in [0.717, 1.165) is 11.1 Å². The van der Waals surface area contributed by atoms with Crippen molar-refractivity contribution in [3.8, 4) is 0 Å². The van der Waals surface area contributed by atoms with Gasteiger partial charge in [0.25, 0.3) is 0 Å². The SMILES string of the molecule is Cc1cc(Cl)ccc1C1C(N)=NC(=O)N1C(C)C. The smallest absolute Gasteiger partial charge is 0.346 e. The quantitative estimate of drug-likeness (QED) is 0.894. The van der Waals surface area contributed by atoms with Crippen LogP contribution in [0.15, 0.2) is 23.2 Å². The van der Waals surface area contributed by atoms with Gasteiger partial charge >= 0.3 is 6.03 Å². The Bertz CT molecular complexity index is 525. The minimum absolute atomic E-state index is 0.0439. The van der Waals surface area contributed by atoms with E-state index < -0.39 is 0 Å². The summed E-state index contributed by atoms with van der Waals surface area (Å²) in [7, 11) is 0. The van der Waals surface area contributed by atoms with Crippen molar-refractivity contribution < 1.29 is 4.79 Å². The second-order valence-electron chi connectivity index (χ2n) is 4.72. The highest BCUT2D eigenvalue weighted by molar-refractivity contribution is 6.30. The van der Waals surface area contributed by atoms with Crippen LogP contribution in [0.4, 0.5) is 4.79 Å². The Labute approximate surface area is 111 Å². The van der Waals surface area contributed by atoms with Crippen molar-refractivity contribution in [2.24, 2.45) is 10.7 Å². The Hall–Kier alpha value is -1.55. The molecule has 4 nitrogen and oxygen atoms in total. The summed E-state index contributed by atoms with van der Waals surface area (Å²) in [5.74, 6) is 0.346. The molecule has 5 heteroatoms. The molecule has 0 aliphatic carbocycles. The fourth-order valence-electron chi connectivity index (χ4n) is 2.26. The molecule has 0 aromatic heterocycles. The molecule has 2 N–H and O–H groups in total. The van der Waals surface area contributed by atoms with Crippen LogP contribution in [-0.2, 0) is 0 Å². The molecule has 0 saturated carbocycles. The third kappa shape index (κ3) is 2.08. The van der Waals surface area contributed by atoms with E-state index in [9.17, 15) is 4.79 Å². The molecular weight excluding hydrogens is 250 g/mol. The molecule has 2 amide bonds. The highest BCUT2D eigenvalue weighted by atomic mass is 35.5. The maximum absolute atomic E-state index is 11.8. The molecule has 1 unspecified atom stereocenters. The normalized spacial score (nSPS) is 19.6. The lowest BCUT2D eigenvalue weighted by Crippen LogP contribution is -2.38. The molecule has 0 fully saturated rings. The number of rotatable bonds is 2. The van der Waals surface area contributed by atoms with Crippen molar-refractivity contribution in [2.45, 2.75) is 32.9 Å². The minimum Gasteiger partial charge on any atom is -0.385 e. The number of amidine groups is 1. The first-order valence-electron chi connectivity index (χ1n) is 5.84. The summed E-state index contributed by atoms with van der Waals surface area (Å²) >= 11 is 5.95. The molecule has 0 radical (unpaired) electrons. The van der Waals surface area contributed by atoms with Gasteiger partial charge < -0.3 is 10.6 Å². The van der Waals surface area contributed by atoms with E-state index in [1.54, 1.807) is 11.0 Å². The predicted octanol–water partition coefficient (Wildman–Crippen LogP) is 2.89. The van der Waals surface area contributed by atoms with Gasteiger partial charge in [0.1, 0.15) is 11.9 Å². The molecule has 18 heavy (non-hydrogen) atoms. The third-order valence-corrected chi connectivity index (χ3v) is 3.32. The minimum atomic E-state index is -0.283. The highest BCUT2D eigenvalue weighted by Gasteiger charge is 2.36. The summed E-state index contributed by atoms with van der Waals surface area (Å²) in [4.78, 5) is 17.4. The number of urea groups is 1. The number of amides is 2. The zero-order valence-corrected chi connectivity index (χ0v) is 11.4. The van der Waals surface area contributed by atoms with Gasteiger partial charge in [0, 0.05) is 11.1 Å². The Balaban J connectivity index is 2.48. The van der Waals surface area contributed by atoms with Gasteiger partial charge in [0.2, 0.25) is 0 Å². The molecule has 1 atom stereocenters. The highest BCUT2D eigenvalue weighted by Crippen LogP contribution is 2.31. The maximum atomic E-state index is 11.8. The van der Waals surface area contributed by atoms with Crippen molar-refractivity contribution in [1.29, 1.82) is 0 Å². The van der Waals surface area contributed by atoms with Crippen LogP contribution in [0, 0.1) is 6.92 Å². The summed E-state index contributed by atoms with van der Waals surface area (Å²) in [6.07, 6.45) is 0. The lowest BCUT2D eigenvalue weighted by Gasteiger charge is -2.29. The number of aryl methyl sites for hydroxylation is 1. The first-order chi connectivity index (χ1) is 8.41. The van der Waals surface area contributed by atoms with Crippen molar-refractivity contribution in [3.05, 3.63) is 34.3 Å². The van der Waals surface area contributed by atoms with E-state index in [0.29, 0.717) is 10.9 Å². The van der Waals surface area contributed by atoms with Crippen LogP contribution in [-0.4, -0.2) is 22.8 Å². The number of nitrogens with two attached hydrogens (primary N) is 1. The van der Waals surface area contributed by atoms with Crippen LogP contribution in [0.2, 0.25) is 5.02 Å². The van der Waals surface area contributed by atoms with Gasteiger partial charge in [-0.15, -0.1) is 0 Å². The molecule has 1 heterocycles. The zero-order valence-electron chi connectivity index (χ0n) is 10.6. The predicted molar refractivity (Wildman–Crippen MR) is 72.9 cm³/mol. The van der Waals surface area contributed by atoms with Gasteiger partial charge in [-0.2, -0.15) is 4.99 Å². The van der Waals surface area contributed by atoms with Crippen LogP contribution < -0.4 is 5.73 Å². The Morgan fingerprint density at radius 1 is 1.44 bits per heavy atom. The van der Waals surface area contributed by atoms with E-state index >= 15 is 0 Å². The average molecular weight is 266 g/mol. The number of carbonyl (C=O) groups is 1. The molecule has 1 aromatic carbocycles. The number of nitrogens with zero attached hydrogens (tertiary/aromatic N) is 2. The maximum Gasteiger partial charge on any atom is 0.346 e. The second-order valence-corrected chi connectivity index (χ2v) is 5.16. The topological polar surface area (TPSA) is 58.7 Å². The standard InChI is InChI=1S/C13H16ClN3O/c1-7(2)17-11(12(15)16-13(17)18)10-5-4-9(14)6-8(10)3/h4-7,11H,1-3H3,(H2,15,16,18). The fourth-order valence-corrected chi connectivity index (χ4v) is 2.48. The van der Waals surface area contributed by atoms with Gasteiger partial charge in [-0.25, -0.2) is 4.79 Å². The van der Waals surface area contributed by atoms with Gasteiger partial charge in [-0.3, -0.25) is 0 Å². The number of hydrogen-bond acceptors (Lipinski definition) is 2. The van der Waals surface area contributed by atoms with E-state index in [4.69, 9.17) is 17.3 Å². The second kappa shape index (κ2) is 4.61. The molecule has 96 valence electrons. The molecule has 1 aromatic rings. The molecule has 2 rings (SSSR count). The molecular formula is C13H16ClN3O. The molecule has 1 aliphatic heterocycles. The van der Waals surface area contributed by atoms with E-state index in [2.05, 4.69) is 4.99 Å². The Kier molecular flexibility index (Phi) is 3.30. The monoisotopic (exact) mass is 265 g/mol. The van der Waals surface area contributed by atoms with Gasteiger partial charge in [0.15, 0.2) is 0 Å². The first-order valence-corrected chi connectivity index (χ1v) is 6.22. The number of benzene rings is 1. The lowest BCUT2D eigenvalue weighted by molar-refractivity contribution is 0.190. The van der Waals surface area contributed by atoms with Crippen molar-refractivity contribution in [1.82, 2.24) is 4.90 Å². The van der Waals surface area contributed by atoms with Crippen LogP contribution in [0.5, 0.6) is 0 Å². The average Bonchev–Trinajstić information content (AvgIpc) is 2.53. The largest absolute Gasteiger partial charge is 0.385 e. The summed E-state index contributed by atoms with van der Waals surface area (Å²) < 4.78 is 0. The summed E-state index contributed by atoms with van der Waals surface area (Å²) in [6.45, 7) is 5.85. The number of aliphatic imine (C=N–C) groups is 1. The van der Waals surface area contributed by atoms with Crippen LogP contribution in [0.25, 0.3) is 0 Å². The van der Waals surface area contributed by atoms with Crippen molar-refractivity contribution in [3.63, 3.8) is 0 Å². The van der Waals surface area contributed by atoms with Crippen LogP contribution in [0.1, 0.15) is 31.0 Å². The first kappa shape index (κ1) is 12.9. The molecule has 0 bridgehead atoms. The van der Waals surface area contributed by atoms with Gasteiger partial charge in [-0.1, -0.05) is 17.7 Å². The van der Waals surface area contributed by atoms with Crippen molar-refractivity contribution in [2.75, 3.05) is 0 Å². The van der Waals surface area contributed by atoms with E-state index in [-0.39, 0.29) is 18.1 Å². The summed E-state index contributed by atoms with van der Waals surface area (Å²) in [6, 6.07) is 5.06. The van der Waals surface area contributed by atoms with Gasteiger partial charge in [-0.05, 0) is 44.0 Å². The molecule has 0 saturated heterocycles. The third-order valence-electron chi connectivity index (χ3n) is 3.09. The Morgan fingerprint density at radius 3 is 2.67 bits per heavy atom. The Morgan fingerprint density at radius 2 is 2.11 bits per heavy atom. The van der Waals surface area contributed by atoms with E-state index in [1.165, 1.54) is 0 Å². The summed E-state index contributed by atoms with van der Waals surface area (Å²) in [5.41, 5.74) is 7.87. The lowest BCUT2D eigenvalue weighted by atomic mass is 9.99. The number of carbonyl (C=O) groups excluding carboxylic acids is 1. The van der Waals surface area contributed by atoms with E-state index in [1.807, 2.05) is 32.9 Å².